The first kappa shape index (κ1) is 18.3. The van der Waals surface area contributed by atoms with Crippen molar-refractivity contribution in [2.45, 2.75) is 29.9 Å². The Balaban J connectivity index is 2.28. The van der Waals surface area contributed by atoms with E-state index in [1.165, 1.54) is 12.1 Å². The number of hydrogen-bond donors (Lipinski definition) is 0. The quantitative estimate of drug-likeness (QED) is 0.395. The van der Waals surface area contributed by atoms with Crippen LogP contribution in [-0.4, -0.2) is 13.3 Å². The molecule has 0 bridgehead atoms. The molecule has 3 rings (SSSR count). The lowest BCUT2D eigenvalue weighted by molar-refractivity contribution is 0.627. The predicted octanol–water partition coefficient (Wildman–Crippen LogP) is 6.46. The maximum atomic E-state index is 13.4. The second-order valence-electron chi connectivity index (χ2n) is 6.20. The van der Waals surface area contributed by atoms with Crippen LogP contribution in [0.15, 0.2) is 54.6 Å². The van der Waals surface area contributed by atoms with E-state index >= 15 is 0 Å². The Labute approximate surface area is 164 Å². The van der Waals surface area contributed by atoms with Crippen LogP contribution in [0.5, 0.6) is 0 Å². The van der Waals surface area contributed by atoms with Crippen molar-refractivity contribution in [2.24, 2.45) is 0 Å². The zero-order chi connectivity index (χ0) is 18.0. The van der Waals surface area contributed by atoms with Gasteiger partial charge in [-0.15, -0.1) is 0 Å². The van der Waals surface area contributed by atoms with Crippen molar-refractivity contribution in [1.82, 2.24) is 9.55 Å². The van der Waals surface area contributed by atoms with Crippen LogP contribution in [-0.2, 0) is 6.42 Å². The lowest BCUT2D eigenvalue weighted by Crippen LogP contribution is -2.07. The van der Waals surface area contributed by atoms with Gasteiger partial charge in [0.05, 0.1) is 9.43 Å². The highest BCUT2D eigenvalue weighted by molar-refractivity contribution is 9.24. The van der Waals surface area contributed by atoms with Crippen LogP contribution in [0.1, 0.15) is 31.2 Å². The summed E-state index contributed by atoms with van der Waals surface area (Å²) in [5.74, 6) is 0.930. The maximum Gasteiger partial charge on any atom is 0.145 e. The first-order valence-corrected chi connectivity index (χ1v) is 10.0. The molecule has 0 aliphatic carbocycles. The first-order chi connectivity index (χ1) is 12.0. The minimum absolute atomic E-state index is 0.136. The van der Waals surface area contributed by atoms with Gasteiger partial charge in [-0.3, -0.25) is 4.57 Å². The molecule has 0 aliphatic rings. The van der Waals surface area contributed by atoms with E-state index in [1.807, 2.05) is 18.2 Å². The fourth-order valence-electron chi connectivity index (χ4n) is 2.92. The van der Waals surface area contributed by atoms with E-state index in [-0.39, 0.29) is 15.5 Å². The molecule has 1 aromatic heterocycles. The van der Waals surface area contributed by atoms with Crippen LogP contribution in [0.25, 0.3) is 17.1 Å². The maximum absolute atomic E-state index is 13.4. The molecule has 5 heteroatoms. The van der Waals surface area contributed by atoms with Crippen LogP contribution < -0.4 is 0 Å². The van der Waals surface area contributed by atoms with Crippen LogP contribution in [0, 0.1) is 5.82 Å². The standard InChI is InChI=1S/C20H19Br2FN2/c1-13(2)19-17(12-18(21)22)25(16-10-8-15(23)9-11-16)20(24-19)14-6-4-3-5-7-14/h3-11,13,18H,12H2,1-2H3. The van der Waals surface area contributed by atoms with E-state index in [0.717, 1.165) is 34.9 Å². The van der Waals surface area contributed by atoms with Gasteiger partial charge in [-0.2, -0.15) is 0 Å². The molecule has 0 spiro atoms. The van der Waals surface area contributed by atoms with E-state index in [4.69, 9.17) is 4.98 Å². The molecule has 0 saturated heterocycles. The summed E-state index contributed by atoms with van der Waals surface area (Å²) in [6.07, 6.45) is 0.769. The molecule has 25 heavy (non-hydrogen) atoms. The van der Waals surface area contributed by atoms with Crippen LogP contribution in [0.3, 0.4) is 0 Å². The minimum atomic E-state index is -0.241. The second kappa shape index (κ2) is 7.83. The molecule has 0 fully saturated rings. The van der Waals surface area contributed by atoms with Crippen molar-refractivity contribution in [3.05, 3.63) is 71.8 Å². The third kappa shape index (κ3) is 4.04. The van der Waals surface area contributed by atoms with Gasteiger partial charge in [0.25, 0.3) is 0 Å². The van der Waals surface area contributed by atoms with E-state index in [2.05, 4.69) is 62.4 Å². The van der Waals surface area contributed by atoms with Gasteiger partial charge >= 0.3 is 0 Å². The molecule has 0 aliphatic heterocycles. The van der Waals surface area contributed by atoms with Crippen LogP contribution in [0.2, 0.25) is 0 Å². The lowest BCUT2D eigenvalue weighted by atomic mass is 10.1. The lowest BCUT2D eigenvalue weighted by Gasteiger charge is -2.14. The van der Waals surface area contributed by atoms with Crippen molar-refractivity contribution in [1.29, 1.82) is 0 Å². The van der Waals surface area contributed by atoms with Gasteiger partial charge in [0.1, 0.15) is 11.6 Å². The molecule has 1 heterocycles. The molecular weight excluding hydrogens is 447 g/mol. The Bertz CT molecular complexity index is 840. The monoisotopic (exact) mass is 464 g/mol. The number of rotatable bonds is 5. The molecule has 0 amide bonds. The van der Waals surface area contributed by atoms with Crippen molar-refractivity contribution in [2.75, 3.05) is 0 Å². The third-order valence-electron chi connectivity index (χ3n) is 4.02. The summed E-state index contributed by atoms with van der Waals surface area (Å²) in [5, 5.41) is 0. The number of halogens is 3. The Morgan fingerprint density at radius 3 is 2.20 bits per heavy atom. The highest BCUT2D eigenvalue weighted by Gasteiger charge is 2.22. The van der Waals surface area contributed by atoms with Gasteiger partial charge < -0.3 is 0 Å². The molecule has 2 aromatic carbocycles. The smallest absolute Gasteiger partial charge is 0.145 e. The number of benzene rings is 2. The Kier molecular flexibility index (Phi) is 5.74. The molecule has 130 valence electrons. The SMILES string of the molecule is CC(C)c1nc(-c2ccccc2)n(-c2ccc(F)cc2)c1CC(Br)Br. The Morgan fingerprint density at radius 1 is 1.00 bits per heavy atom. The second-order valence-corrected chi connectivity index (χ2v) is 9.63. The number of imidazole rings is 1. The summed E-state index contributed by atoms with van der Waals surface area (Å²) in [4.78, 5) is 4.96. The molecular formula is C20H19Br2FN2. The topological polar surface area (TPSA) is 17.8 Å². The average molecular weight is 466 g/mol. The summed E-state index contributed by atoms with van der Waals surface area (Å²) < 4.78 is 15.7. The van der Waals surface area contributed by atoms with Gasteiger partial charge in [-0.25, -0.2) is 9.37 Å². The van der Waals surface area contributed by atoms with Crippen molar-refractivity contribution in [3.63, 3.8) is 0 Å². The molecule has 0 N–H and O–H groups in total. The zero-order valence-electron chi connectivity index (χ0n) is 14.1. The number of hydrogen-bond acceptors (Lipinski definition) is 1. The van der Waals surface area contributed by atoms with E-state index in [0.29, 0.717) is 0 Å². The van der Waals surface area contributed by atoms with Crippen molar-refractivity contribution in [3.8, 4) is 17.1 Å². The molecule has 0 unspecified atom stereocenters. The fraction of sp³-hybridized carbons (Fsp3) is 0.250. The Morgan fingerprint density at radius 2 is 1.64 bits per heavy atom. The minimum Gasteiger partial charge on any atom is -0.296 e. The average Bonchev–Trinajstić information content (AvgIpc) is 2.95. The molecule has 2 nitrogen and oxygen atoms in total. The summed E-state index contributed by atoms with van der Waals surface area (Å²) in [5.41, 5.74) is 4.14. The first-order valence-electron chi connectivity index (χ1n) is 8.18. The van der Waals surface area contributed by atoms with Crippen LogP contribution >= 0.6 is 31.9 Å². The van der Waals surface area contributed by atoms with E-state index in [9.17, 15) is 4.39 Å². The normalized spacial score (nSPS) is 11.5. The summed E-state index contributed by atoms with van der Waals surface area (Å²) in [6.45, 7) is 4.29. The van der Waals surface area contributed by atoms with Gasteiger partial charge in [-0.05, 0) is 30.2 Å². The molecule has 0 atom stereocenters. The fourth-order valence-corrected chi connectivity index (χ4v) is 3.54. The van der Waals surface area contributed by atoms with Gasteiger partial charge in [0, 0.05) is 23.4 Å². The van der Waals surface area contributed by atoms with Crippen LogP contribution in [0.4, 0.5) is 4.39 Å². The van der Waals surface area contributed by atoms with Crippen molar-refractivity contribution >= 4 is 31.9 Å². The predicted molar refractivity (Wildman–Crippen MR) is 108 cm³/mol. The van der Waals surface area contributed by atoms with E-state index in [1.54, 1.807) is 12.1 Å². The number of alkyl halides is 2. The Hall–Kier alpha value is -1.46. The molecule has 3 aromatic rings. The highest BCUT2D eigenvalue weighted by Crippen LogP contribution is 2.32. The molecule has 0 radical (unpaired) electrons. The molecule has 0 saturated carbocycles. The number of aromatic nitrogens is 2. The summed E-state index contributed by atoms with van der Waals surface area (Å²) in [7, 11) is 0. The van der Waals surface area contributed by atoms with Gasteiger partial charge in [0.15, 0.2) is 0 Å². The summed E-state index contributed by atoms with van der Waals surface area (Å²) in [6, 6.07) is 16.7. The van der Waals surface area contributed by atoms with E-state index < -0.39 is 0 Å². The van der Waals surface area contributed by atoms with Gasteiger partial charge in [0.2, 0.25) is 0 Å². The largest absolute Gasteiger partial charge is 0.296 e. The van der Waals surface area contributed by atoms with Crippen molar-refractivity contribution < 1.29 is 4.39 Å². The van der Waals surface area contributed by atoms with Gasteiger partial charge in [-0.1, -0.05) is 76.0 Å². The third-order valence-corrected chi connectivity index (χ3v) is 4.66. The highest BCUT2D eigenvalue weighted by atomic mass is 79.9. The summed E-state index contributed by atoms with van der Waals surface area (Å²) >= 11 is 7.19. The zero-order valence-corrected chi connectivity index (χ0v) is 17.3. The number of nitrogens with zero attached hydrogens (tertiary/aromatic N) is 2.